The summed E-state index contributed by atoms with van der Waals surface area (Å²) in [5.41, 5.74) is 1.65. The van der Waals surface area contributed by atoms with Crippen molar-refractivity contribution in [3.05, 3.63) is 42.2 Å². The van der Waals surface area contributed by atoms with E-state index in [4.69, 9.17) is 19.0 Å². The molecule has 0 amide bonds. The lowest BCUT2D eigenvalue weighted by Gasteiger charge is -2.32. The number of hydrogen-bond donors (Lipinski definition) is 1. The van der Waals surface area contributed by atoms with Gasteiger partial charge in [-0.15, -0.1) is 0 Å². The van der Waals surface area contributed by atoms with Crippen LogP contribution in [0.3, 0.4) is 0 Å². The second-order valence-electron chi connectivity index (χ2n) is 11.5. The lowest BCUT2D eigenvalue weighted by molar-refractivity contribution is 0.00578. The van der Waals surface area contributed by atoms with Gasteiger partial charge in [-0.25, -0.2) is 9.97 Å². The zero-order valence-corrected chi connectivity index (χ0v) is 21.3. The fourth-order valence-corrected chi connectivity index (χ4v) is 5.63. The Bertz CT molecular complexity index is 982. The monoisotopic (exact) mass is 464 g/mol. The molecule has 2 atom stereocenters. The number of hydrogen-bond acceptors (Lipinski definition) is 7. The van der Waals surface area contributed by atoms with Gasteiger partial charge in [0.25, 0.3) is 0 Å². The fraction of sp³-hybridized carbons (Fsp3) is 0.615. The molecule has 3 fully saturated rings. The molecular weight excluding hydrogens is 427 g/mol. The zero-order valence-electron chi connectivity index (χ0n) is 21.3. The minimum atomic E-state index is -0.364. The molecule has 4 heterocycles. The standard InChI is InChI=1S/C26H37BN4O3/c1-24(2)25(3,4)34-27(33-24)21-8-9-22(28-15-21)31-16-19-11-26(5,12-20(19)17-31)30-14-18-7-10-23(32-6)29-13-18/h7-10,13,15,19-20,30H,11-12,14,16-17H2,1-6H3. The molecule has 1 N–H and O–H groups in total. The van der Waals surface area contributed by atoms with Crippen LogP contribution in [0.15, 0.2) is 36.7 Å². The molecule has 0 bridgehead atoms. The molecule has 5 rings (SSSR count). The highest BCUT2D eigenvalue weighted by atomic mass is 16.7. The van der Waals surface area contributed by atoms with E-state index in [-0.39, 0.29) is 23.9 Å². The average Bonchev–Trinajstić information content (AvgIpc) is 3.39. The van der Waals surface area contributed by atoms with Crippen molar-refractivity contribution >= 4 is 18.4 Å². The summed E-state index contributed by atoms with van der Waals surface area (Å²) in [6.07, 6.45) is 6.18. The second kappa shape index (κ2) is 8.50. The Morgan fingerprint density at radius 3 is 2.18 bits per heavy atom. The van der Waals surface area contributed by atoms with Gasteiger partial charge in [-0.3, -0.25) is 0 Å². The third-order valence-corrected chi connectivity index (χ3v) is 8.35. The molecule has 2 saturated heterocycles. The van der Waals surface area contributed by atoms with E-state index < -0.39 is 0 Å². The second-order valence-corrected chi connectivity index (χ2v) is 11.5. The molecule has 0 radical (unpaired) electrons. The van der Waals surface area contributed by atoms with Gasteiger partial charge in [0.15, 0.2) is 0 Å². The first-order valence-electron chi connectivity index (χ1n) is 12.4. The van der Waals surface area contributed by atoms with E-state index in [1.54, 1.807) is 7.11 Å². The van der Waals surface area contributed by atoms with Gasteiger partial charge in [0, 0.05) is 49.1 Å². The van der Waals surface area contributed by atoms with Gasteiger partial charge in [0.1, 0.15) is 5.82 Å². The van der Waals surface area contributed by atoms with Gasteiger partial charge in [-0.2, -0.15) is 0 Å². The summed E-state index contributed by atoms with van der Waals surface area (Å²) in [5, 5.41) is 3.80. The van der Waals surface area contributed by atoms with Gasteiger partial charge in [0.2, 0.25) is 5.88 Å². The van der Waals surface area contributed by atoms with Crippen molar-refractivity contribution in [3.8, 4) is 5.88 Å². The fourth-order valence-electron chi connectivity index (χ4n) is 5.63. The topological polar surface area (TPSA) is 68.7 Å². The van der Waals surface area contributed by atoms with Crippen molar-refractivity contribution in [1.29, 1.82) is 0 Å². The Morgan fingerprint density at radius 2 is 1.65 bits per heavy atom. The highest BCUT2D eigenvalue weighted by molar-refractivity contribution is 6.62. The van der Waals surface area contributed by atoms with Gasteiger partial charge in [-0.05, 0) is 70.9 Å². The number of aromatic nitrogens is 2. The third kappa shape index (κ3) is 4.43. The van der Waals surface area contributed by atoms with E-state index in [0.29, 0.717) is 17.7 Å². The van der Waals surface area contributed by atoms with Crippen LogP contribution < -0.4 is 20.4 Å². The van der Waals surface area contributed by atoms with E-state index in [1.807, 2.05) is 18.5 Å². The van der Waals surface area contributed by atoms with E-state index >= 15 is 0 Å². The lowest BCUT2D eigenvalue weighted by atomic mass is 9.80. The smallest absolute Gasteiger partial charge is 0.481 e. The van der Waals surface area contributed by atoms with Crippen molar-refractivity contribution < 1.29 is 14.0 Å². The SMILES string of the molecule is COc1ccc(CNC2(C)CC3CN(c4ccc(B5OC(C)(C)C(C)(C)O5)cn4)CC3C2)cn1. The lowest BCUT2D eigenvalue weighted by Crippen LogP contribution is -2.41. The van der Waals surface area contributed by atoms with Gasteiger partial charge < -0.3 is 24.3 Å². The predicted molar refractivity (Wildman–Crippen MR) is 134 cm³/mol. The summed E-state index contributed by atoms with van der Waals surface area (Å²) in [4.78, 5) is 11.5. The summed E-state index contributed by atoms with van der Waals surface area (Å²) >= 11 is 0. The quantitative estimate of drug-likeness (QED) is 0.659. The summed E-state index contributed by atoms with van der Waals surface area (Å²) < 4.78 is 17.5. The van der Waals surface area contributed by atoms with Crippen LogP contribution >= 0.6 is 0 Å². The molecule has 1 saturated carbocycles. The molecule has 2 unspecified atom stereocenters. The maximum absolute atomic E-state index is 6.17. The third-order valence-electron chi connectivity index (χ3n) is 8.35. The van der Waals surface area contributed by atoms with Crippen LogP contribution in [0.4, 0.5) is 5.82 Å². The van der Waals surface area contributed by atoms with Crippen LogP contribution in [-0.2, 0) is 15.9 Å². The van der Waals surface area contributed by atoms with Crippen LogP contribution in [0.5, 0.6) is 5.88 Å². The molecule has 0 aromatic carbocycles. The number of fused-ring (bicyclic) bond motifs is 1. The highest BCUT2D eigenvalue weighted by Gasteiger charge is 2.52. The largest absolute Gasteiger partial charge is 0.496 e. The molecule has 0 spiro atoms. The van der Waals surface area contributed by atoms with E-state index in [0.717, 1.165) is 30.9 Å². The molecule has 182 valence electrons. The van der Waals surface area contributed by atoms with Crippen molar-refractivity contribution in [2.24, 2.45) is 11.8 Å². The van der Waals surface area contributed by atoms with Crippen LogP contribution in [0.25, 0.3) is 0 Å². The number of methoxy groups -OCH3 is 1. The molecule has 2 aliphatic heterocycles. The number of anilines is 1. The Balaban J connectivity index is 1.16. The predicted octanol–water partition coefficient (Wildman–Crippen LogP) is 3.18. The summed E-state index contributed by atoms with van der Waals surface area (Å²) in [6.45, 7) is 13.6. The Labute approximate surface area is 203 Å². The van der Waals surface area contributed by atoms with Crippen LogP contribution in [0, 0.1) is 11.8 Å². The van der Waals surface area contributed by atoms with Crippen molar-refractivity contribution in [2.45, 2.75) is 70.7 Å². The minimum absolute atomic E-state index is 0.162. The minimum Gasteiger partial charge on any atom is -0.481 e. The van der Waals surface area contributed by atoms with E-state index in [1.165, 1.54) is 18.4 Å². The highest BCUT2D eigenvalue weighted by Crippen LogP contribution is 2.44. The molecular formula is C26H37BN4O3. The van der Waals surface area contributed by atoms with Crippen LogP contribution in [0.2, 0.25) is 0 Å². The van der Waals surface area contributed by atoms with Crippen molar-refractivity contribution in [3.63, 3.8) is 0 Å². The number of nitrogens with one attached hydrogen (secondary N) is 1. The van der Waals surface area contributed by atoms with Crippen LogP contribution in [-0.4, -0.2) is 54.0 Å². The summed E-state index contributed by atoms with van der Waals surface area (Å²) in [5.74, 6) is 3.09. The van der Waals surface area contributed by atoms with Crippen molar-refractivity contribution in [1.82, 2.24) is 15.3 Å². The number of rotatable bonds is 6. The van der Waals surface area contributed by atoms with Gasteiger partial charge >= 0.3 is 7.12 Å². The molecule has 2 aromatic rings. The molecule has 34 heavy (non-hydrogen) atoms. The first kappa shape index (κ1) is 23.6. The molecule has 2 aromatic heterocycles. The summed E-state index contributed by atoms with van der Waals surface area (Å²) in [6, 6.07) is 8.23. The first-order valence-corrected chi connectivity index (χ1v) is 12.4. The number of pyridine rings is 2. The molecule has 7 nitrogen and oxygen atoms in total. The Morgan fingerprint density at radius 1 is 0.971 bits per heavy atom. The first-order chi connectivity index (χ1) is 16.1. The molecule has 8 heteroatoms. The number of nitrogens with zero attached hydrogens (tertiary/aromatic N) is 3. The normalized spacial score (nSPS) is 29.5. The van der Waals surface area contributed by atoms with Gasteiger partial charge in [-0.1, -0.05) is 12.1 Å². The van der Waals surface area contributed by atoms with Crippen molar-refractivity contribution in [2.75, 3.05) is 25.1 Å². The molecule has 3 aliphatic rings. The van der Waals surface area contributed by atoms with Crippen LogP contribution in [0.1, 0.15) is 53.0 Å². The zero-order chi connectivity index (χ0) is 24.1. The Hall–Kier alpha value is -2.16. The van der Waals surface area contributed by atoms with E-state index in [9.17, 15) is 0 Å². The molecule has 1 aliphatic carbocycles. The maximum Gasteiger partial charge on any atom is 0.496 e. The average molecular weight is 464 g/mol. The number of ether oxygens (including phenoxy) is 1. The maximum atomic E-state index is 6.17. The Kier molecular flexibility index (Phi) is 5.90. The van der Waals surface area contributed by atoms with Gasteiger partial charge in [0.05, 0.1) is 18.3 Å². The summed E-state index contributed by atoms with van der Waals surface area (Å²) in [7, 11) is 1.28. The van der Waals surface area contributed by atoms with E-state index in [2.05, 4.69) is 68.0 Å².